The first kappa shape index (κ1) is 20.3. The second-order valence-corrected chi connectivity index (χ2v) is 7.66. The molecule has 0 aliphatic carbocycles. The summed E-state index contributed by atoms with van der Waals surface area (Å²) in [6.07, 6.45) is -1.08. The Morgan fingerprint density at radius 1 is 1.03 bits per heavy atom. The van der Waals surface area contributed by atoms with Crippen molar-refractivity contribution in [1.82, 2.24) is 14.8 Å². The fraction of sp³-hybridized carbons (Fsp3) is 0.182. The molecule has 154 valence electrons. The fourth-order valence-corrected chi connectivity index (χ4v) is 3.77. The largest absolute Gasteiger partial charge is 0.457 e. The molecule has 0 spiro atoms. The zero-order valence-electron chi connectivity index (χ0n) is 16.4. The fourth-order valence-electron chi connectivity index (χ4n) is 3.35. The molecule has 4 rings (SSSR count). The highest BCUT2D eigenvalue weighted by Crippen LogP contribution is 2.34. The molecule has 0 saturated heterocycles. The van der Waals surface area contributed by atoms with Gasteiger partial charge in [-0.2, -0.15) is 5.10 Å². The van der Waals surface area contributed by atoms with E-state index in [0.717, 1.165) is 11.3 Å². The number of benzene rings is 2. The van der Waals surface area contributed by atoms with Crippen LogP contribution in [0.15, 0.2) is 69.9 Å². The maximum Gasteiger partial charge on any atom is 0.264 e. The third kappa shape index (κ3) is 3.87. The molecule has 0 N–H and O–H groups in total. The summed E-state index contributed by atoms with van der Waals surface area (Å²) in [6.45, 7) is 0.422. The Morgan fingerprint density at radius 3 is 2.47 bits per heavy atom. The first-order valence-electron chi connectivity index (χ1n) is 9.26. The van der Waals surface area contributed by atoms with Crippen LogP contribution in [0.25, 0.3) is 22.8 Å². The molecule has 0 aliphatic heterocycles. The van der Waals surface area contributed by atoms with Gasteiger partial charge in [0.05, 0.1) is 18.4 Å². The summed E-state index contributed by atoms with van der Waals surface area (Å²) in [5, 5.41) is 4.61. The van der Waals surface area contributed by atoms with E-state index in [0.29, 0.717) is 28.2 Å². The van der Waals surface area contributed by atoms with Gasteiger partial charge in [-0.05, 0) is 33.6 Å². The number of anilines is 1. The number of nitrogens with zero attached hydrogens (tertiary/aromatic N) is 4. The minimum absolute atomic E-state index is 0.0962. The highest BCUT2D eigenvalue weighted by Gasteiger charge is 2.22. The monoisotopic (exact) mass is 472 g/mol. The maximum absolute atomic E-state index is 13.6. The molecule has 8 heteroatoms. The zero-order valence-corrected chi connectivity index (χ0v) is 18.0. The van der Waals surface area contributed by atoms with E-state index < -0.39 is 6.43 Å². The van der Waals surface area contributed by atoms with Crippen molar-refractivity contribution in [2.75, 3.05) is 19.0 Å². The molecule has 30 heavy (non-hydrogen) atoms. The van der Waals surface area contributed by atoms with Crippen LogP contribution in [0.4, 0.5) is 14.5 Å². The van der Waals surface area contributed by atoms with Gasteiger partial charge in [0.15, 0.2) is 16.3 Å². The molecule has 4 aromatic rings. The van der Waals surface area contributed by atoms with Gasteiger partial charge < -0.3 is 9.32 Å². The van der Waals surface area contributed by atoms with Crippen molar-refractivity contribution in [3.63, 3.8) is 0 Å². The number of halogens is 3. The van der Waals surface area contributed by atoms with Crippen molar-refractivity contribution in [2.45, 2.75) is 13.0 Å². The lowest BCUT2D eigenvalue weighted by Gasteiger charge is -2.17. The van der Waals surface area contributed by atoms with E-state index in [1.54, 1.807) is 35.2 Å². The van der Waals surface area contributed by atoms with Gasteiger partial charge in [0.2, 0.25) is 0 Å². The molecule has 0 amide bonds. The Labute approximate surface area is 181 Å². The third-order valence-electron chi connectivity index (χ3n) is 4.76. The first-order valence-corrected chi connectivity index (χ1v) is 10.1. The van der Waals surface area contributed by atoms with E-state index in [9.17, 15) is 8.78 Å². The maximum atomic E-state index is 13.6. The Hall–Kier alpha value is -3.00. The molecule has 0 aliphatic rings. The second-order valence-electron chi connectivity index (χ2n) is 6.94. The average molecular weight is 473 g/mol. The van der Waals surface area contributed by atoms with E-state index in [1.165, 1.54) is 6.07 Å². The average Bonchev–Trinajstić information content (AvgIpc) is 3.34. The molecular formula is C22H19BrF2N4O. The van der Waals surface area contributed by atoms with Crippen LogP contribution in [-0.2, 0) is 6.54 Å². The number of rotatable bonds is 6. The number of furan rings is 1. The molecule has 0 bridgehead atoms. The summed E-state index contributed by atoms with van der Waals surface area (Å²) in [6, 6.07) is 16.0. The van der Waals surface area contributed by atoms with E-state index >= 15 is 0 Å². The van der Waals surface area contributed by atoms with E-state index in [2.05, 4.69) is 26.0 Å². The van der Waals surface area contributed by atoms with Crippen molar-refractivity contribution in [3.8, 4) is 22.8 Å². The summed E-state index contributed by atoms with van der Waals surface area (Å²) in [5.74, 6) is 0.777. The van der Waals surface area contributed by atoms with Crippen LogP contribution in [0.1, 0.15) is 17.6 Å². The summed E-state index contributed by atoms with van der Waals surface area (Å²) in [7, 11) is 3.94. The number of para-hydroxylation sites is 1. The summed E-state index contributed by atoms with van der Waals surface area (Å²) >= 11 is 3.39. The number of hydrogen-bond acceptors (Lipinski definition) is 4. The Kier molecular flexibility index (Phi) is 5.67. The number of hydrogen-bond donors (Lipinski definition) is 0. The topological polar surface area (TPSA) is 47.1 Å². The number of aromatic nitrogens is 3. The SMILES string of the molecule is CN(C)c1ccccc1Cn1nc(-c2ccccc2C(F)F)nc1-c1ccoc1Br. The molecule has 2 aromatic heterocycles. The molecule has 0 unspecified atom stereocenters. The predicted octanol–water partition coefficient (Wildman–Crippen LogP) is 6.02. The second kappa shape index (κ2) is 8.39. The van der Waals surface area contributed by atoms with Crippen LogP contribution in [-0.4, -0.2) is 28.9 Å². The van der Waals surface area contributed by atoms with Gasteiger partial charge in [-0.15, -0.1) is 0 Å². The minimum atomic E-state index is -2.62. The summed E-state index contributed by atoms with van der Waals surface area (Å²) < 4.78 is 34.7. The molecule has 2 heterocycles. The van der Waals surface area contributed by atoms with E-state index in [-0.39, 0.29) is 11.4 Å². The van der Waals surface area contributed by atoms with Crippen molar-refractivity contribution in [1.29, 1.82) is 0 Å². The molecule has 2 aromatic carbocycles. The van der Waals surface area contributed by atoms with Crippen LogP contribution >= 0.6 is 15.9 Å². The van der Waals surface area contributed by atoms with Gasteiger partial charge in [0.1, 0.15) is 0 Å². The molecule has 0 atom stereocenters. The Balaban J connectivity index is 1.86. The normalized spacial score (nSPS) is 11.3. The van der Waals surface area contributed by atoms with Gasteiger partial charge in [0, 0.05) is 30.9 Å². The van der Waals surface area contributed by atoms with Crippen molar-refractivity contribution >= 4 is 21.6 Å². The highest BCUT2D eigenvalue weighted by atomic mass is 79.9. The van der Waals surface area contributed by atoms with E-state index in [1.807, 2.05) is 43.3 Å². The Morgan fingerprint density at radius 2 is 1.77 bits per heavy atom. The first-order chi connectivity index (χ1) is 14.5. The van der Waals surface area contributed by atoms with E-state index in [4.69, 9.17) is 4.42 Å². The molecule has 0 fully saturated rings. The highest BCUT2D eigenvalue weighted by molar-refractivity contribution is 9.10. The molecule has 5 nitrogen and oxygen atoms in total. The minimum Gasteiger partial charge on any atom is -0.457 e. The van der Waals surface area contributed by atoms with Crippen LogP contribution < -0.4 is 4.90 Å². The van der Waals surface area contributed by atoms with Gasteiger partial charge in [-0.1, -0.05) is 42.5 Å². The van der Waals surface area contributed by atoms with Gasteiger partial charge in [-0.3, -0.25) is 0 Å². The lowest BCUT2D eigenvalue weighted by molar-refractivity contribution is 0.152. The van der Waals surface area contributed by atoms with Crippen LogP contribution in [0, 0.1) is 0 Å². The van der Waals surface area contributed by atoms with Crippen molar-refractivity contribution in [2.24, 2.45) is 0 Å². The van der Waals surface area contributed by atoms with Crippen LogP contribution in [0.5, 0.6) is 0 Å². The third-order valence-corrected chi connectivity index (χ3v) is 5.38. The smallest absolute Gasteiger partial charge is 0.264 e. The summed E-state index contributed by atoms with van der Waals surface area (Å²) in [5.41, 5.74) is 2.99. The lowest BCUT2D eigenvalue weighted by Crippen LogP contribution is -2.13. The molecule has 0 saturated carbocycles. The van der Waals surface area contributed by atoms with Gasteiger partial charge in [0.25, 0.3) is 6.43 Å². The Bertz CT molecular complexity index is 1170. The van der Waals surface area contributed by atoms with Crippen molar-refractivity contribution < 1.29 is 13.2 Å². The van der Waals surface area contributed by atoms with Gasteiger partial charge in [-0.25, -0.2) is 18.4 Å². The lowest BCUT2D eigenvalue weighted by atomic mass is 10.1. The van der Waals surface area contributed by atoms with Gasteiger partial charge >= 0.3 is 0 Å². The van der Waals surface area contributed by atoms with Crippen LogP contribution in [0.2, 0.25) is 0 Å². The van der Waals surface area contributed by atoms with Crippen molar-refractivity contribution in [3.05, 3.63) is 76.7 Å². The quantitative estimate of drug-likeness (QED) is 0.344. The number of alkyl halides is 2. The predicted molar refractivity (Wildman–Crippen MR) is 116 cm³/mol. The standard InChI is InChI=1S/C22H19BrF2N4O/c1-28(2)18-10-6-3-7-14(18)13-29-22(17-11-12-30-19(17)23)26-21(27-29)16-9-5-4-8-15(16)20(24)25/h3-12,20H,13H2,1-2H3. The zero-order chi connectivity index (χ0) is 21.3. The molecule has 0 radical (unpaired) electrons. The summed E-state index contributed by atoms with van der Waals surface area (Å²) in [4.78, 5) is 6.63. The molecular weight excluding hydrogens is 454 g/mol. The van der Waals surface area contributed by atoms with Crippen LogP contribution in [0.3, 0.4) is 0 Å².